The highest BCUT2D eigenvalue weighted by atomic mass is 31.2. The van der Waals surface area contributed by atoms with E-state index in [9.17, 15) is 9.36 Å². The number of rotatable bonds is 7. The summed E-state index contributed by atoms with van der Waals surface area (Å²) in [4.78, 5) is 11.8. The summed E-state index contributed by atoms with van der Waals surface area (Å²) in [6.45, 7) is 11.4. The van der Waals surface area contributed by atoms with Crippen LogP contribution in [0.3, 0.4) is 0 Å². The van der Waals surface area contributed by atoms with Crippen molar-refractivity contribution in [1.82, 2.24) is 5.32 Å². The third-order valence-electron chi connectivity index (χ3n) is 3.04. The normalized spacial score (nSPS) is 13.4. The van der Waals surface area contributed by atoms with Gasteiger partial charge < -0.3 is 19.1 Å². The zero-order valence-corrected chi connectivity index (χ0v) is 16.2. The highest BCUT2D eigenvalue weighted by molar-refractivity contribution is 7.62. The van der Waals surface area contributed by atoms with Crippen molar-refractivity contribution in [3.8, 4) is 0 Å². The van der Waals surface area contributed by atoms with Crippen LogP contribution in [-0.2, 0) is 18.3 Å². The molecule has 0 heterocycles. The second kappa shape index (κ2) is 8.65. The molecule has 1 atom stereocenters. The molecule has 136 valence electrons. The van der Waals surface area contributed by atoms with Gasteiger partial charge >= 0.3 is 13.7 Å². The molecule has 0 aliphatic rings. The first-order valence-corrected chi connectivity index (χ1v) is 9.64. The molecule has 24 heavy (non-hydrogen) atoms. The number of hydrogen-bond donors (Lipinski definition) is 1. The molecule has 6 nitrogen and oxygen atoms in total. The molecule has 0 aliphatic heterocycles. The summed E-state index contributed by atoms with van der Waals surface area (Å²) in [5.41, 5.74) is 0.319. The Morgan fingerprint density at radius 1 is 1.12 bits per heavy atom. The quantitative estimate of drug-likeness (QED) is 0.742. The van der Waals surface area contributed by atoms with Gasteiger partial charge in [-0.2, -0.15) is 0 Å². The molecule has 1 amide bonds. The van der Waals surface area contributed by atoms with Gasteiger partial charge in [-0.15, -0.1) is 0 Å². The molecule has 0 fully saturated rings. The summed E-state index contributed by atoms with van der Waals surface area (Å²) in [5, 5.41) is 3.27. The van der Waals surface area contributed by atoms with Gasteiger partial charge in [0.1, 0.15) is 5.60 Å². The minimum atomic E-state index is -3.29. The molecule has 1 aromatic rings. The van der Waals surface area contributed by atoms with Gasteiger partial charge in [-0.25, -0.2) is 4.79 Å². The molecular weight excluding hydrogens is 329 g/mol. The summed E-state index contributed by atoms with van der Waals surface area (Å²) in [5.74, 6) is 0. The van der Waals surface area contributed by atoms with Crippen molar-refractivity contribution in [3.63, 3.8) is 0 Å². The van der Waals surface area contributed by atoms with Crippen LogP contribution in [0.1, 0.15) is 53.1 Å². The van der Waals surface area contributed by atoms with E-state index in [0.717, 1.165) is 5.56 Å². The summed E-state index contributed by atoms with van der Waals surface area (Å²) < 4.78 is 28.6. The maximum absolute atomic E-state index is 12.7. The third-order valence-corrected chi connectivity index (χ3v) is 5.17. The van der Waals surface area contributed by atoms with Crippen molar-refractivity contribution in [1.29, 1.82) is 0 Å². The average molecular weight is 357 g/mol. The van der Waals surface area contributed by atoms with Gasteiger partial charge in [0.25, 0.3) is 0 Å². The number of nitrogens with one attached hydrogen (secondary N) is 1. The van der Waals surface area contributed by atoms with Crippen molar-refractivity contribution < 1.29 is 23.1 Å². The van der Waals surface area contributed by atoms with E-state index in [4.69, 9.17) is 13.8 Å². The average Bonchev–Trinajstić information content (AvgIpc) is 2.45. The lowest BCUT2D eigenvalue weighted by atomic mass is 10.1. The van der Waals surface area contributed by atoms with Crippen LogP contribution in [0.4, 0.5) is 4.79 Å². The maximum atomic E-state index is 12.7. The SMILES string of the molecule is CCOP(=O)(OCC)c1ccc(C(C)NC(=O)OC(C)(C)C)cc1. The number of alkyl carbamates (subject to hydrolysis) is 1. The summed E-state index contributed by atoms with van der Waals surface area (Å²) in [6, 6.07) is 6.75. The molecule has 0 saturated carbocycles. The number of carbonyl (C=O) groups is 1. The van der Waals surface area contributed by atoms with E-state index >= 15 is 0 Å². The minimum absolute atomic E-state index is 0.243. The van der Waals surface area contributed by atoms with Gasteiger partial charge in [0, 0.05) is 0 Å². The fourth-order valence-electron chi connectivity index (χ4n) is 2.04. The van der Waals surface area contributed by atoms with E-state index < -0.39 is 19.3 Å². The molecule has 0 radical (unpaired) electrons. The van der Waals surface area contributed by atoms with Crippen molar-refractivity contribution in [2.75, 3.05) is 13.2 Å². The van der Waals surface area contributed by atoms with Crippen LogP contribution < -0.4 is 10.6 Å². The largest absolute Gasteiger partial charge is 0.444 e. The Hall–Kier alpha value is -1.36. The lowest BCUT2D eigenvalue weighted by molar-refractivity contribution is 0.0508. The fraction of sp³-hybridized carbons (Fsp3) is 0.588. The Morgan fingerprint density at radius 3 is 2.04 bits per heavy atom. The van der Waals surface area contributed by atoms with Gasteiger partial charge in [0.2, 0.25) is 0 Å². The standard InChI is InChI=1S/C17H28NO5P/c1-7-21-24(20,22-8-2)15-11-9-14(10-12-15)13(3)18-16(19)23-17(4,5)6/h9-13H,7-8H2,1-6H3,(H,18,19). The van der Waals surface area contributed by atoms with Crippen LogP contribution in [0.25, 0.3) is 0 Å². The predicted octanol–water partition coefficient (Wildman–Crippen LogP) is 4.16. The van der Waals surface area contributed by atoms with E-state index in [0.29, 0.717) is 18.5 Å². The topological polar surface area (TPSA) is 73.9 Å². The van der Waals surface area contributed by atoms with Crippen molar-refractivity contribution in [2.45, 2.75) is 53.2 Å². The van der Waals surface area contributed by atoms with Crippen LogP contribution in [0, 0.1) is 0 Å². The smallest absolute Gasteiger partial charge is 0.408 e. The second-order valence-electron chi connectivity index (χ2n) is 6.29. The van der Waals surface area contributed by atoms with Gasteiger partial charge in [-0.1, -0.05) is 12.1 Å². The van der Waals surface area contributed by atoms with E-state index in [1.54, 1.807) is 38.1 Å². The van der Waals surface area contributed by atoms with Gasteiger partial charge in [-0.05, 0) is 59.2 Å². The van der Waals surface area contributed by atoms with Crippen molar-refractivity contribution in [3.05, 3.63) is 29.8 Å². The zero-order chi connectivity index (χ0) is 18.4. The molecule has 0 aromatic heterocycles. The highest BCUT2D eigenvalue weighted by Crippen LogP contribution is 2.46. The molecule has 0 aliphatic carbocycles. The summed E-state index contributed by atoms with van der Waals surface area (Å²) in [6.07, 6.45) is -0.478. The monoisotopic (exact) mass is 357 g/mol. The van der Waals surface area contributed by atoms with Crippen LogP contribution in [0.2, 0.25) is 0 Å². The Kier molecular flexibility index (Phi) is 7.46. The van der Waals surface area contributed by atoms with E-state index in [1.807, 2.05) is 27.7 Å². The third kappa shape index (κ3) is 6.27. The summed E-state index contributed by atoms with van der Waals surface area (Å²) in [7, 11) is -3.29. The molecule has 0 bridgehead atoms. The number of carbonyl (C=O) groups excluding carboxylic acids is 1. The van der Waals surface area contributed by atoms with Crippen LogP contribution in [-0.4, -0.2) is 24.9 Å². The Morgan fingerprint density at radius 2 is 1.62 bits per heavy atom. The van der Waals surface area contributed by atoms with Crippen LogP contribution in [0.15, 0.2) is 24.3 Å². The molecular formula is C17H28NO5P. The van der Waals surface area contributed by atoms with Gasteiger partial charge in [0.05, 0.1) is 24.6 Å². The predicted molar refractivity (Wildman–Crippen MR) is 94.7 cm³/mol. The highest BCUT2D eigenvalue weighted by Gasteiger charge is 2.26. The fourth-order valence-corrected chi connectivity index (χ4v) is 3.61. The van der Waals surface area contributed by atoms with Crippen LogP contribution in [0.5, 0.6) is 0 Å². The van der Waals surface area contributed by atoms with E-state index in [2.05, 4.69) is 5.32 Å². The molecule has 1 unspecified atom stereocenters. The van der Waals surface area contributed by atoms with E-state index in [1.165, 1.54) is 0 Å². The molecule has 1 N–H and O–H groups in total. The van der Waals surface area contributed by atoms with Gasteiger partial charge in [0.15, 0.2) is 0 Å². The Labute approximate surface area is 144 Å². The number of amides is 1. The minimum Gasteiger partial charge on any atom is -0.444 e. The number of hydrogen-bond acceptors (Lipinski definition) is 5. The Bertz CT molecular complexity index is 570. The first-order chi connectivity index (χ1) is 11.1. The first-order valence-electron chi connectivity index (χ1n) is 8.10. The molecule has 0 saturated heterocycles. The molecule has 1 rings (SSSR count). The van der Waals surface area contributed by atoms with E-state index in [-0.39, 0.29) is 6.04 Å². The molecule has 1 aromatic carbocycles. The lowest BCUT2D eigenvalue weighted by Gasteiger charge is -2.22. The molecule has 7 heteroatoms. The van der Waals surface area contributed by atoms with Crippen molar-refractivity contribution >= 4 is 19.0 Å². The van der Waals surface area contributed by atoms with Gasteiger partial charge in [-0.3, -0.25) is 4.57 Å². The van der Waals surface area contributed by atoms with Crippen molar-refractivity contribution in [2.24, 2.45) is 0 Å². The molecule has 0 spiro atoms. The lowest BCUT2D eigenvalue weighted by Crippen LogP contribution is -2.34. The second-order valence-corrected chi connectivity index (χ2v) is 8.32. The summed E-state index contributed by atoms with van der Waals surface area (Å²) >= 11 is 0. The number of benzene rings is 1. The maximum Gasteiger partial charge on any atom is 0.408 e. The number of ether oxygens (including phenoxy) is 1. The zero-order valence-electron chi connectivity index (χ0n) is 15.3. The Balaban J connectivity index is 2.82. The van der Waals surface area contributed by atoms with Crippen LogP contribution >= 0.6 is 7.60 Å². The first kappa shape index (κ1) is 20.7.